The molecule has 2 heterocycles. The van der Waals surface area contributed by atoms with Crippen molar-refractivity contribution in [1.82, 2.24) is 15.1 Å². The van der Waals surface area contributed by atoms with Gasteiger partial charge < -0.3 is 14.6 Å². The van der Waals surface area contributed by atoms with Crippen molar-refractivity contribution in [3.63, 3.8) is 0 Å². The molecule has 1 amide bonds. The number of carbonyl (C=O) groups is 1. The highest BCUT2D eigenvalue weighted by Gasteiger charge is 2.11. The summed E-state index contributed by atoms with van der Waals surface area (Å²) in [6.07, 6.45) is 3.92. The first kappa shape index (κ1) is 18.4. The summed E-state index contributed by atoms with van der Waals surface area (Å²) in [4.78, 5) is 20.5. The maximum Gasteiger partial charge on any atom is 0.227 e. The molecule has 29 heavy (non-hydrogen) atoms. The fourth-order valence-corrected chi connectivity index (χ4v) is 2.65. The smallest absolute Gasteiger partial charge is 0.227 e. The van der Waals surface area contributed by atoms with Gasteiger partial charge in [0, 0.05) is 36.5 Å². The molecule has 0 unspecified atom stereocenters. The summed E-state index contributed by atoms with van der Waals surface area (Å²) >= 11 is 0. The number of rotatable bonds is 7. The normalized spacial score (nSPS) is 10.5. The van der Waals surface area contributed by atoms with Crippen molar-refractivity contribution in [1.29, 1.82) is 0 Å². The van der Waals surface area contributed by atoms with Crippen LogP contribution in [-0.4, -0.2) is 21.0 Å². The fraction of sp³-hybridized carbons (Fsp3) is 0.0909. The van der Waals surface area contributed by atoms with Gasteiger partial charge in [-0.2, -0.15) is 4.98 Å². The summed E-state index contributed by atoms with van der Waals surface area (Å²) < 4.78 is 11.0. The Bertz CT molecular complexity index is 1060. The molecule has 0 saturated carbocycles. The summed E-state index contributed by atoms with van der Waals surface area (Å²) in [5.41, 5.74) is 1.51. The highest BCUT2D eigenvalue weighted by Crippen LogP contribution is 2.22. The minimum atomic E-state index is -0.134. The molecule has 0 aliphatic heterocycles. The van der Waals surface area contributed by atoms with Gasteiger partial charge in [-0.25, -0.2) is 0 Å². The summed E-state index contributed by atoms with van der Waals surface area (Å²) in [6.45, 7) is 0. The van der Waals surface area contributed by atoms with Gasteiger partial charge in [-0.05, 0) is 48.5 Å². The molecular formula is C22H18N4O3. The molecule has 0 aliphatic rings. The molecule has 0 radical (unpaired) electrons. The predicted octanol–water partition coefficient (Wildman–Crippen LogP) is 4.50. The van der Waals surface area contributed by atoms with Crippen LogP contribution in [0.2, 0.25) is 0 Å². The zero-order chi connectivity index (χ0) is 19.9. The van der Waals surface area contributed by atoms with Gasteiger partial charge in [-0.1, -0.05) is 23.4 Å². The van der Waals surface area contributed by atoms with Gasteiger partial charge in [-0.15, -0.1) is 0 Å². The van der Waals surface area contributed by atoms with Crippen LogP contribution in [0.5, 0.6) is 11.5 Å². The number of nitrogens with zero attached hydrogens (tertiary/aromatic N) is 3. The molecule has 1 N–H and O–H groups in total. The van der Waals surface area contributed by atoms with Gasteiger partial charge in [0.05, 0.1) is 0 Å². The summed E-state index contributed by atoms with van der Waals surface area (Å²) in [5, 5.41) is 6.78. The molecule has 0 atom stereocenters. The van der Waals surface area contributed by atoms with Gasteiger partial charge in [0.15, 0.2) is 0 Å². The standard InChI is InChI=1S/C22H18N4O3/c27-20(10-11-21-25-22(26-29-21)16-12-14-23-15-13-16)24-17-6-8-19(9-7-17)28-18-4-2-1-3-5-18/h1-9,12-15H,10-11H2,(H,24,27). The molecule has 4 aromatic rings. The van der Waals surface area contributed by atoms with Crippen molar-refractivity contribution in [3.8, 4) is 22.9 Å². The number of para-hydroxylation sites is 1. The van der Waals surface area contributed by atoms with Crippen molar-refractivity contribution < 1.29 is 14.1 Å². The second kappa shape index (κ2) is 8.79. The predicted molar refractivity (Wildman–Crippen MR) is 107 cm³/mol. The Morgan fingerprint density at radius 1 is 0.931 bits per heavy atom. The number of carbonyl (C=O) groups excluding carboxylic acids is 1. The van der Waals surface area contributed by atoms with E-state index in [0.717, 1.165) is 11.3 Å². The van der Waals surface area contributed by atoms with E-state index in [1.807, 2.05) is 42.5 Å². The van der Waals surface area contributed by atoms with Gasteiger partial charge >= 0.3 is 0 Å². The highest BCUT2D eigenvalue weighted by atomic mass is 16.5. The second-order valence-corrected chi connectivity index (χ2v) is 6.24. The Balaban J connectivity index is 1.28. The van der Waals surface area contributed by atoms with E-state index in [0.29, 0.717) is 29.6 Å². The SMILES string of the molecule is O=C(CCc1nc(-c2ccncc2)no1)Nc1ccc(Oc2ccccc2)cc1. The number of aromatic nitrogens is 3. The molecule has 7 heteroatoms. The van der Waals surface area contributed by atoms with Crippen LogP contribution in [0.4, 0.5) is 5.69 Å². The maximum absolute atomic E-state index is 12.2. The minimum absolute atomic E-state index is 0.134. The first-order valence-corrected chi connectivity index (χ1v) is 9.12. The number of hydrogen-bond acceptors (Lipinski definition) is 6. The van der Waals surface area contributed by atoms with Crippen molar-refractivity contribution in [2.45, 2.75) is 12.8 Å². The zero-order valence-corrected chi connectivity index (χ0v) is 15.5. The lowest BCUT2D eigenvalue weighted by Gasteiger charge is -2.07. The fourth-order valence-electron chi connectivity index (χ4n) is 2.65. The van der Waals surface area contributed by atoms with Gasteiger partial charge in [0.1, 0.15) is 11.5 Å². The Morgan fingerprint density at radius 3 is 2.41 bits per heavy atom. The monoisotopic (exact) mass is 386 g/mol. The van der Waals surface area contributed by atoms with E-state index in [4.69, 9.17) is 9.26 Å². The number of amides is 1. The van der Waals surface area contributed by atoms with Crippen molar-refractivity contribution in [2.24, 2.45) is 0 Å². The van der Waals surface area contributed by atoms with Crippen LogP contribution in [0, 0.1) is 0 Å². The van der Waals surface area contributed by atoms with Gasteiger partial charge in [0.25, 0.3) is 0 Å². The third-order valence-corrected chi connectivity index (χ3v) is 4.09. The molecule has 0 aliphatic carbocycles. The van der Waals surface area contributed by atoms with E-state index in [1.165, 1.54) is 0 Å². The molecular weight excluding hydrogens is 368 g/mol. The highest BCUT2D eigenvalue weighted by molar-refractivity contribution is 5.90. The van der Waals surface area contributed by atoms with Crippen LogP contribution in [-0.2, 0) is 11.2 Å². The third kappa shape index (κ3) is 5.04. The molecule has 7 nitrogen and oxygen atoms in total. The van der Waals surface area contributed by atoms with Crippen LogP contribution in [0.3, 0.4) is 0 Å². The number of hydrogen-bond donors (Lipinski definition) is 1. The molecule has 0 fully saturated rings. The van der Waals surface area contributed by atoms with E-state index in [2.05, 4.69) is 20.4 Å². The number of ether oxygens (including phenoxy) is 1. The number of anilines is 1. The summed E-state index contributed by atoms with van der Waals surface area (Å²) in [6, 6.07) is 20.3. The largest absolute Gasteiger partial charge is 0.457 e. The van der Waals surface area contributed by atoms with E-state index in [9.17, 15) is 4.79 Å². The lowest BCUT2D eigenvalue weighted by molar-refractivity contribution is -0.116. The zero-order valence-electron chi connectivity index (χ0n) is 15.5. The number of pyridine rings is 1. The topological polar surface area (TPSA) is 90.1 Å². The van der Waals surface area contributed by atoms with E-state index >= 15 is 0 Å². The van der Waals surface area contributed by atoms with Gasteiger partial charge in [0.2, 0.25) is 17.6 Å². The number of benzene rings is 2. The van der Waals surface area contributed by atoms with Crippen LogP contribution in [0.15, 0.2) is 83.6 Å². The average Bonchev–Trinajstić information content (AvgIpc) is 3.24. The van der Waals surface area contributed by atoms with Crippen LogP contribution in [0.1, 0.15) is 12.3 Å². The molecule has 2 aromatic carbocycles. The van der Waals surface area contributed by atoms with Crippen LogP contribution < -0.4 is 10.1 Å². The van der Waals surface area contributed by atoms with Gasteiger partial charge in [-0.3, -0.25) is 9.78 Å². The minimum Gasteiger partial charge on any atom is -0.457 e. The number of aryl methyl sites for hydroxylation is 1. The Labute approximate surface area is 167 Å². The van der Waals surface area contributed by atoms with E-state index < -0.39 is 0 Å². The summed E-state index contributed by atoms with van der Waals surface area (Å²) in [5.74, 6) is 2.22. The van der Waals surface area contributed by atoms with Crippen molar-refractivity contribution in [3.05, 3.63) is 85.0 Å². The second-order valence-electron chi connectivity index (χ2n) is 6.24. The Kier molecular flexibility index (Phi) is 5.57. The Morgan fingerprint density at radius 2 is 1.66 bits per heavy atom. The molecule has 0 bridgehead atoms. The van der Waals surface area contributed by atoms with Crippen LogP contribution in [0.25, 0.3) is 11.4 Å². The Hall–Kier alpha value is -4.00. The molecule has 0 spiro atoms. The quantitative estimate of drug-likeness (QED) is 0.503. The lowest BCUT2D eigenvalue weighted by atomic mass is 10.2. The molecule has 0 saturated heterocycles. The van der Waals surface area contributed by atoms with E-state index in [1.54, 1.807) is 36.7 Å². The van der Waals surface area contributed by atoms with Crippen LogP contribution >= 0.6 is 0 Å². The third-order valence-electron chi connectivity index (χ3n) is 4.09. The summed E-state index contributed by atoms with van der Waals surface area (Å²) in [7, 11) is 0. The van der Waals surface area contributed by atoms with Crippen molar-refractivity contribution >= 4 is 11.6 Å². The first-order valence-electron chi connectivity index (χ1n) is 9.12. The molecule has 2 aromatic heterocycles. The molecule has 144 valence electrons. The average molecular weight is 386 g/mol. The number of nitrogens with one attached hydrogen (secondary N) is 1. The molecule has 4 rings (SSSR count). The van der Waals surface area contributed by atoms with E-state index in [-0.39, 0.29) is 12.3 Å². The first-order chi connectivity index (χ1) is 14.3. The van der Waals surface area contributed by atoms with Crippen molar-refractivity contribution in [2.75, 3.05) is 5.32 Å². The maximum atomic E-state index is 12.2. The lowest BCUT2D eigenvalue weighted by Crippen LogP contribution is -2.12.